The first-order valence-corrected chi connectivity index (χ1v) is 6.46. The summed E-state index contributed by atoms with van der Waals surface area (Å²) in [5, 5.41) is 3.03. The van der Waals surface area contributed by atoms with Gasteiger partial charge in [0, 0.05) is 13.2 Å². The third-order valence-electron chi connectivity index (χ3n) is 2.92. The first-order valence-electron chi connectivity index (χ1n) is 6.46. The molecule has 5 nitrogen and oxygen atoms in total. The second-order valence-corrected chi connectivity index (χ2v) is 4.36. The van der Waals surface area contributed by atoms with Crippen LogP contribution in [0, 0.1) is 0 Å². The molecule has 0 spiro atoms. The molecule has 1 aliphatic heterocycles. The molecule has 0 aromatic rings. The van der Waals surface area contributed by atoms with E-state index in [0.29, 0.717) is 19.6 Å². The summed E-state index contributed by atoms with van der Waals surface area (Å²) < 4.78 is 11.1. The summed E-state index contributed by atoms with van der Waals surface area (Å²) in [5.41, 5.74) is 5.27. The van der Waals surface area contributed by atoms with E-state index in [0.717, 1.165) is 26.0 Å². The standard InChI is InChI=1S/C12H24N2O3/c1-2-14-11(12(13)15)6-8-16-9-10-5-3-4-7-17-10/h10-11,14H,2-9H2,1H3,(H2,13,15). The molecular formula is C12H24N2O3. The number of likely N-dealkylation sites (N-methyl/N-ethyl adjacent to an activating group) is 1. The highest BCUT2D eigenvalue weighted by atomic mass is 16.5. The molecular weight excluding hydrogens is 220 g/mol. The van der Waals surface area contributed by atoms with E-state index in [2.05, 4.69) is 5.32 Å². The smallest absolute Gasteiger partial charge is 0.234 e. The fraction of sp³-hybridized carbons (Fsp3) is 0.917. The maximum absolute atomic E-state index is 11.1. The van der Waals surface area contributed by atoms with Gasteiger partial charge >= 0.3 is 0 Å². The van der Waals surface area contributed by atoms with Crippen LogP contribution in [0.25, 0.3) is 0 Å². The van der Waals surface area contributed by atoms with Crippen molar-refractivity contribution in [2.75, 3.05) is 26.4 Å². The largest absolute Gasteiger partial charge is 0.379 e. The fourth-order valence-electron chi connectivity index (χ4n) is 1.95. The zero-order valence-electron chi connectivity index (χ0n) is 10.6. The number of nitrogens with one attached hydrogen (secondary N) is 1. The molecule has 0 aromatic heterocycles. The van der Waals surface area contributed by atoms with E-state index < -0.39 is 0 Å². The van der Waals surface area contributed by atoms with Crippen molar-refractivity contribution in [2.24, 2.45) is 5.73 Å². The van der Waals surface area contributed by atoms with E-state index in [-0.39, 0.29) is 18.1 Å². The molecule has 100 valence electrons. The van der Waals surface area contributed by atoms with Gasteiger partial charge in [0.15, 0.2) is 0 Å². The van der Waals surface area contributed by atoms with Crippen LogP contribution in [0.3, 0.4) is 0 Å². The lowest BCUT2D eigenvalue weighted by Gasteiger charge is -2.22. The maximum Gasteiger partial charge on any atom is 0.234 e. The topological polar surface area (TPSA) is 73.6 Å². The Labute approximate surface area is 103 Å². The van der Waals surface area contributed by atoms with Crippen molar-refractivity contribution in [2.45, 2.75) is 44.8 Å². The molecule has 2 atom stereocenters. The lowest BCUT2D eigenvalue weighted by Crippen LogP contribution is -2.42. The van der Waals surface area contributed by atoms with Crippen molar-refractivity contribution in [3.05, 3.63) is 0 Å². The van der Waals surface area contributed by atoms with Crippen LogP contribution in [0.5, 0.6) is 0 Å². The minimum Gasteiger partial charge on any atom is -0.379 e. The number of primary amides is 1. The molecule has 0 aliphatic carbocycles. The molecule has 17 heavy (non-hydrogen) atoms. The highest BCUT2D eigenvalue weighted by Crippen LogP contribution is 2.12. The van der Waals surface area contributed by atoms with Gasteiger partial charge in [-0.05, 0) is 32.2 Å². The second kappa shape index (κ2) is 8.44. The number of carbonyl (C=O) groups is 1. The van der Waals surface area contributed by atoms with Gasteiger partial charge in [-0.25, -0.2) is 0 Å². The lowest BCUT2D eigenvalue weighted by molar-refractivity contribution is -0.120. The molecule has 1 amide bonds. The van der Waals surface area contributed by atoms with Crippen molar-refractivity contribution in [1.29, 1.82) is 0 Å². The van der Waals surface area contributed by atoms with Gasteiger partial charge in [-0.15, -0.1) is 0 Å². The Morgan fingerprint density at radius 1 is 1.59 bits per heavy atom. The number of nitrogens with two attached hydrogens (primary N) is 1. The minimum absolute atomic E-state index is 0.231. The van der Waals surface area contributed by atoms with E-state index in [4.69, 9.17) is 15.2 Å². The predicted octanol–water partition coefficient (Wildman–Crippen LogP) is 0.426. The first-order chi connectivity index (χ1) is 8.24. The molecule has 5 heteroatoms. The van der Waals surface area contributed by atoms with Crippen LogP contribution in [-0.2, 0) is 14.3 Å². The van der Waals surface area contributed by atoms with Crippen LogP contribution in [0.1, 0.15) is 32.6 Å². The molecule has 1 fully saturated rings. The summed E-state index contributed by atoms with van der Waals surface area (Å²) in [7, 11) is 0. The van der Waals surface area contributed by atoms with Crippen LogP contribution >= 0.6 is 0 Å². The summed E-state index contributed by atoms with van der Waals surface area (Å²) in [6.07, 6.45) is 4.30. The fourth-order valence-corrected chi connectivity index (χ4v) is 1.95. The van der Waals surface area contributed by atoms with Crippen LogP contribution in [0.15, 0.2) is 0 Å². The Morgan fingerprint density at radius 2 is 2.41 bits per heavy atom. The lowest BCUT2D eigenvalue weighted by atomic mass is 10.1. The number of ether oxygens (including phenoxy) is 2. The molecule has 0 bridgehead atoms. The molecule has 2 unspecified atom stereocenters. The van der Waals surface area contributed by atoms with Gasteiger partial charge in [0.05, 0.1) is 18.8 Å². The Hall–Kier alpha value is -0.650. The van der Waals surface area contributed by atoms with Gasteiger partial charge in [-0.1, -0.05) is 6.92 Å². The Kier molecular flexibility index (Phi) is 7.16. The van der Waals surface area contributed by atoms with Crippen molar-refractivity contribution in [3.63, 3.8) is 0 Å². The van der Waals surface area contributed by atoms with Gasteiger partial charge in [0.1, 0.15) is 0 Å². The molecule has 0 radical (unpaired) electrons. The Morgan fingerprint density at radius 3 is 3.00 bits per heavy atom. The Bertz CT molecular complexity index is 218. The van der Waals surface area contributed by atoms with Crippen molar-refractivity contribution < 1.29 is 14.3 Å². The zero-order chi connectivity index (χ0) is 12.5. The van der Waals surface area contributed by atoms with E-state index in [9.17, 15) is 4.79 Å². The van der Waals surface area contributed by atoms with Crippen molar-refractivity contribution in [3.8, 4) is 0 Å². The summed E-state index contributed by atoms with van der Waals surface area (Å²) in [4.78, 5) is 11.1. The highest BCUT2D eigenvalue weighted by Gasteiger charge is 2.16. The molecule has 1 saturated heterocycles. The Balaban J connectivity index is 2.06. The SMILES string of the molecule is CCNC(CCOCC1CCCCO1)C(N)=O. The van der Waals surface area contributed by atoms with Gasteiger partial charge in [0.2, 0.25) is 5.91 Å². The first kappa shape index (κ1) is 14.4. The van der Waals surface area contributed by atoms with Crippen LogP contribution < -0.4 is 11.1 Å². The summed E-state index contributed by atoms with van der Waals surface area (Å²) >= 11 is 0. The summed E-state index contributed by atoms with van der Waals surface area (Å²) in [6, 6.07) is -0.285. The van der Waals surface area contributed by atoms with Crippen molar-refractivity contribution in [1.82, 2.24) is 5.32 Å². The van der Waals surface area contributed by atoms with Gasteiger partial charge in [-0.3, -0.25) is 4.79 Å². The number of rotatable bonds is 8. The van der Waals surface area contributed by atoms with E-state index in [1.54, 1.807) is 0 Å². The summed E-state index contributed by atoms with van der Waals surface area (Å²) in [5.74, 6) is -0.315. The third kappa shape index (κ3) is 6.00. The summed E-state index contributed by atoms with van der Waals surface area (Å²) in [6.45, 7) is 4.69. The van der Waals surface area contributed by atoms with E-state index >= 15 is 0 Å². The maximum atomic E-state index is 11.1. The van der Waals surface area contributed by atoms with Gasteiger partial charge in [-0.2, -0.15) is 0 Å². The van der Waals surface area contributed by atoms with Crippen molar-refractivity contribution >= 4 is 5.91 Å². The van der Waals surface area contributed by atoms with Gasteiger partial charge in [0.25, 0.3) is 0 Å². The molecule has 3 N–H and O–H groups in total. The molecule has 0 aromatic carbocycles. The van der Waals surface area contributed by atoms with Gasteiger partial charge < -0.3 is 20.5 Å². The highest BCUT2D eigenvalue weighted by molar-refractivity contribution is 5.79. The predicted molar refractivity (Wildman–Crippen MR) is 65.7 cm³/mol. The molecule has 1 rings (SSSR count). The number of amides is 1. The normalized spacial score (nSPS) is 22.3. The second-order valence-electron chi connectivity index (χ2n) is 4.36. The van der Waals surface area contributed by atoms with E-state index in [1.165, 1.54) is 6.42 Å². The average Bonchev–Trinajstić information content (AvgIpc) is 2.34. The minimum atomic E-state index is -0.315. The number of hydrogen-bond donors (Lipinski definition) is 2. The molecule has 1 heterocycles. The van der Waals surface area contributed by atoms with E-state index in [1.807, 2.05) is 6.92 Å². The zero-order valence-corrected chi connectivity index (χ0v) is 10.6. The number of hydrogen-bond acceptors (Lipinski definition) is 4. The molecule has 1 aliphatic rings. The number of carbonyl (C=O) groups excluding carboxylic acids is 1. The molecule has 0 saturated carbocycles. The third-order valence-corrected chi connectivity index (χ3v) is 2.92. The van der Waals surface area contributed by atoms with Crippen LogP contribution in [0.2, 0.25) is 0 Å². The quantitative estimate of drug-likeness (QED) is 0.607. The van der Waals surface area contributed by atoms with Crippen LogP contribution in [0.4, 0.5) is 0 Å². The monoisotopic (exact) mass is 244 g/mol. The average molecular weight is 244 g/mol. The van der Waals surface area contributed by atoms with Crippen LogP contribution in [-0.4, -0.2) is 44.4 Å².